The van der Waals surface area contributed by atoms with Crippen molar-refractivity contribution < 1.29 is 36.5 Å². The van der Waals surface area contributed by atoms with Crippen LogP contribution in [0.4, 0.5) is 0 Å². The lowest BCUT2D eigenvalue weighted by atomic mass is 10.1. The van der Waals surface area contributed by atoms with Gasteiger partial charge >= 0.3 is 0 Å². The van der Waals surface area contributed by atoms with Crippen LogP contribution in [0.15, 0.2) is 38.4 Å². The molecule has 1 fully saturated rings. The molecule has 0 amide bonds. The zero-order valence-electron chi connectivity index (χ0n) is 20.9. The van der Waals surface area contributed by atoms with Crippen molar-refractivity contribution in [3.8, 4) is 40.1 Å². The third kappa shape index (κ3) is 4.22. The molecular weight excluding hydrogens is 490 g/mol. The van der Waals surface area contributed by atoms with Crippen LogP contribution in [0.3, 0.4) is 0 Å². The summed E-state index contributed by atoms with van der Waals surface area (Å²) in [6, 6.07) is 5.90. The topological polar surface area (TPSA) is 114 Å². The summed E-state index contributed by atoms with van der Waals surface area (Å²) in [6.45, 7) is 0.888. The zero-order valence-corrected chi connectivity index (χ0v) is 21.7. The van der Waals surface area contributed by atoms with Crippen LogP contribution in [0.5, 0.6) is 28.7 Å². The molecule has 3 aromatic rings. The van der Waals surface area contributed by atoms with E-state index in [0.29, 0.717) is 18.7 Å². The fourth-order valence-corrected chi connectivity index (χ4v) is 6.16. The second-order valence-electron chi connectivity index (χ2n) is 8.14. The molecular formula is C25H29NO9S. The summed E-state index contributed by atoms with van der Waals surface area (Å²) in [5.41, 5.74) is 0.0190. The van der Waals surface area contributed by atoms with E-state index in [-0.39, 0.29) is 50.4 Å². The van der Waals surface area contributed by atoms with Crippen LogP contribution in [-0.2, 0) is 10.0 Å². The van der Waals surface area contributed by atoms with Crippen molar-refractivity contribution in [1.82, 2.24) is 4.31 Å². The average molecular weight is 520 g/mol. The minimum atomic E-state index is -3.82. The van der Waals surface area contributed by atoms with Gasteiger partial charge in [-0.05, 0) is 31.0 Å². The summed E-state index contributed by atoms with van der Waals surface area (Å²) in [4.78, 5) is 13.3. The van der Waals surface area contributed by atoms with Gasteiger partial charge in [0.05, 0.1) is 35.5 Å². The molecule has 0 spiro atoms. The fraction of sp³-hybridized carbons (Fsp3) is 0.400. The zero-order chi connectivity index (χ0) is 26.0. The Morgan fingerprint density at radius 2 is 1.39 bits per heavy atom. The first kappa shape index (κ1) is 25.6. The van der Waals surface area contributed by atoms with Gasteiger partial charge in [0.15, 0.2) is 16.8 Å². The Bertz CT molecular complexity index is 1440. The van der Waals surface area contributed by atoms with E-state index in [1.807, 2.05) is 0 Å². The number of hydrogen-bond donors (Lipinski definition) is 0. The lowest BCUT2D eigenvalue weighted by Gasteiger charge is -2.26. The highest BCUT2D eigenvalue weighted by Gasteiger charge is 2.31. The number of methoxy groups -OCH3 is 5. The molecule has 0 aliphatic carbocycles. The van der Waals surface area contributed by atoms with Gasteiger partial charge < -0.3 is 28.1 Å². The summed E-state index contributed by atoms with van der Waals surface area (Å²) >= 11 is 0. The molecule has 1 aliphatic heterocycles. The molecule has 0 N–H and O–H groups in total. The van der Waals surface area contributed by atoms with Gasteiger partial charge in [-0.25, -0.2) is 8.42 Å². The van der Waals surface area contributed by atoms with E-state index in [1.165, 1.54) is 52.0 Å². The van der Waals surface area contributed by atoms with E-state index < -0.39 is 15.5 Å². The normalized spacial score (nSPS) is 14.5. The third-order valence-electron chi connectivity index (χ3n) is 6.20. The molecule has 0 atom stereocenters. The number of fused-ring (bicyclic) bond motifs is 1. The van der Waals surface area contributed by atoms with Crippen molar-refractivity contribution in [2.24, 2.45) is 0 Å². The van der Waals surface area contributed by atoms with Crippen molar-refractivity contribution >= 4 is 21.0 Å². The Morgan fingerprint density at radius 1 is 0.778 bits per heavy atom. The Labute approximate surface area is 209 Å². The van der Waals surface area contributed by atoms with E-state index in [2.05, 4.69) is 0 Å². The highest BCUT2D eigenvalue weighted by Crippen LogP contribution is 2.50. The van der Waals surface area contributed by atoms with Crippen LogP contribution in [-0.4, -0.2) is 61.4 Å². The molecule has 0 bridgehead atoms. The molecule has 0 unspecified atom stereocenters. The Morgan fingerprint density at radius 3 is 1.97 bits per heavy atom. The highest BCUT2D eigenvalue weighted by molar-refractivity contribution is 7.89. The van der Waals surface area contributed by atoms with Gasteiger partial charge in [0.25, 0.3) is 0 Å². The first-order valence-electron chi connectivity index (χ1n) is 11.3. The van der Waals surface area contributed by atoms with Gasteiger partial charge in [-0.3, -0.25) is 4.79 Å². The lowest BCUT2D eigenvalue weighted by molar-refractivity contribution is 0.307. The van der Waals surface area contributed by atoms with Crippen LogP contribution in [0, 0.1) is 0 Å². The quantitative estimate of drug-likeness (QED) is 0.440. The molecule has 4 rings (SSSR count). The largest absolute Gasteiger partial charge is 0.495 e. The number of benzene rings is 2. The summed E-state index contributed by atoms with van der Waals surface area (Å²) in [5, 5.41) is 0.102. The SMILES string of the molecule is COc1ccc(-c2cc(=O)c3c(OC)c(OC)c(OC)c(OC)c3o2)cc1S(=O)(=O)N1CCCCC1. The third-order valence-corrected chi connectivity index (χ3v) is 8.12. The van der Waals surface area contributed by atoms with Gasteiger partial charge in [-0.1, -0.05) is 6.42 Å². The first-order chi connectivity index (χ1) is 17.3. The standard InChI is InChI=1S/C25H29NO9S/c1-30-17-10-9-15(13-19(17)36(28,29)26-11-7-6-8-12-26)18-14-16(27)20-21(31-2)23(32-3)25(34-5)24(33-4)22(20)35-18/h9-10,13-14H,6-8,11-12H2,1-5H3. The molecule has 1 aliphatic rings. The van der Waals surface area contributed by atoms with Crippen molar-refractivity contribution in [1.29, 1.82) is 0 Å². The summed E-state index contributed by atoms with van der Waals surface area (Å²) in [7, 11) is 3.25. The van der Waals surface area contributed by atoms with Gasteiger partial charge in [0.2, 0.25) is 27.3 Å². The van der Waals surface area contributed by atoms with Gasteiger partial charge in [0, 0.05) is 24.7 Å². The Balaban J connectivity index is 1.96. The molecule has 11 heteroatoms. The van der Waals surface area contributed by atoms with Gasteiger partial charge in [0.1, 0.15) is 21.8 Å². The molecule has 194 valence electrons. The minimum Gasteiger partial charge on any atom is -0.495 e. The Hall–Kier alpha value is -3.44. The molecule has 0 radical (unpaired) electrons. The van der Waals surface area contributed by atoms with Crippen molar-refractivity contribution in [2.75, 3.05) is 48.6 Å². The molecule has 2 aromatic carbocycles. The van der Waals surface area contributed by atoms with E-state index in [0.717, 1.165) is 19.3 Å². The van der Waals surface area contributed by atoms with E-state index in [1.54, 1.807) is 12.1 Å². The average Bonchev–Trinajstić information content (AvgIpc) is 2.91. The van der Waals surface area contributed by atoms with Crippen LogP contribution in [0.1, 0.15) is 19.3 Å². The molecule has 36 heavy (non-hydrogen) atoms. The Kier molecular flexibility index (Phi) is 7.32. The summed E-state index contributed by atoms with van der Waals surface area (Å²) in [5.74, 6) is 0.986. The van der Waals surface area contributed by atoms with Gasteiger partial charge in [-0.2, -0.15) is 4.31 Å². The molecule has 0 saturated carbocycles. The number of rotatable bonds is 8. The lowest BCUT2D eigenvalue weighted by Crippen LogP contribution is -2.35. The number of ether oxygens (including phenoxy) is 5. The predicted octanol–water partition coefficient (Wildman–Crippen LogP) is 3.68. The maximum Gasteiger partial charge on any atom is 0.246 e. The molecule has 2 heterocycles. The van der Waals surface area contributed by atoms with Crippen LogP contribution < -0.4 is 29.1 Å². The maximum atomic E-state index is 13.5. The number of piperidine rings is 1. The molecule has 10 nitrogen and oxygen atoms in total. The number of hydrogen-bond acceptors (Lipinski definition) is 9. The molecule has 1 aromatic heterocycles. The van der Waals surface area contributed by atoms with Crippen molar-refractivity contribution in [2.45, 2.75) is 24.2 Å². The second kappa shape index (κ2) is 10.3. The number of nitrogens with zero attached hydrogens (tertiary/aromatic N) is 1. The smallest absolute Gasteiger partial charge is 0.246 e. The van der Waals surface area contributed by atoms with Crippen molar-refractivity contribution in [3.63, 3.8) is 0 Å². The van der Waals surface area contributed by atoms with E-state index >= 15 is 0 Å². The monoisotopic (exact) mass is 519 g/mol. The minimum absolute atomic E-state index is 0.00371. The summed E-state index contributed by atoms with van der Waals surface area (Å²) in [6.07, 6.45) is 2.59. The van der Waals surface area contributed by atoms with E-state index in [9.17, 15) is 13.2 Å². The number of sulfonamides is 1. The first-order valence-corrected chi connectivity index (χ1v) is 12.8. The maximum absolute atomic E-state index is 13.5. The van der Waals surface area contributed by atoms with Crippen LogP contribution in [0.25, 0.3) is 22.3 Å². The molecule has 1 saturated heterocycles. The second-order valence-corrected chi connectivity index (χ2v) is 10.0. The highest BCUT2D eigenvalue weighted by atomic mass is 32.2. The van der Waals surface area contributed by atoms with Crippen LogP contribution >= 0.6 is 0 Å². The van der Waals surface area contributed by atoms with Gasteiger partial charge in [-0.15, -0.1) is 0 Å². The predicted molar refractivity (Wildman–Crippen MR) is 133 cm³/mol. The van der Waals surface area contributed by atoms with E-state index in [4.69, 9.17) is 28.1 Å². The van der Waals surface area contributed by atoms with Crippen molar-refractivity contribution in [3.05, 3.63) is 34.5 Å². The summed E-state index contributed by atoms with van der Waals surface area (Å²) < 4.78 is 61.7. The van der Waals surface area contributed by atoms with Crippen LogP contribution in [0.2, 0.25) is 0 Å². The fourth-order valence-electron chi connectivity index (χ4n) is 4.46.